The minimum absolute atomic E-state index is 0.0398. The van der Waals surface area contributed by atoms with Gasteiger partial charge in [0.2, 0.25) is 5.75 Å². The Morgan fingerprint density at radius 1 is 0.809 bits per heavy atom. The number of esters is 1. The van der Waals surface area contributed by atoms with Gasteiger partial charge in [-0.3, -0.25) is 9.36 Å². The van der Waals surface area contributed by atoms with Gasteiger partial charge in [0.25, 0.3) is 5.56 Å². The number of hydrogen-bond donors (Lipinski definition) is 2. The molecular formula is C35H32N4O8. The van der Waals surface area contributed by atoms with Crippen molar-refractivity contribution >= 4 is 33.5 Å². The zero-order valence-corrected chi connectivity index (χ0v) is 26.4. The van der Waals surface area contributed by atoms with E-state index in [9.17, 15) is 9.59 Å². The number of nitrogens with one attached hydrogen (secondary N) is 1. The maximum absolute atomic E-state index is 14.5. The van der Waals surface area contributed by atoms with Crippen LogP contribution in [0.15, 0.2) is 77.6 Å². The van der Waals surface area contributed by atoms with Gasteiger partial charge in [0.1, 0.15) is 18.1 Å². The molecule has 0 aliphatic rings. The van der Waals surface area contributed by atoms with Crippen LogP contribution in [-0.2, 0) is 11.3 Å². The summed E-state index contributed by atoms with van der Waals surface area (Å²) >= 11 is 0. The standard InChI is InChI=1S/C35H32N4O8/c1-42-26-16-22-23(17-27(26)47-18-30-37-24-8-6-7-9-25(24)38-30)34(40)39(21-12-10-20(36)11-13-21)32(35(41)46-5)31(22)19-14-28(43-2)33(45-4)29(15-19)44-3/h6-17H,18,36H2,1-5H3,(H,37,38). The third-order valence-corrected chi connectivity index (χ3v) is 7.75. The van der Waals surface area contributed by atoms with Gasteiger partial charge >= 0.3 is 5.97 Å². The molecule has 12 nitrogen and oxygen atoms in total. The molecule has 2 heterocycles. The molecule has 0 spiro atoms. The zero-order valence-electron chi connectivity index (χ0n) is 26.4. The van der Waals surface area contributed by atoms with Crippen LogP contribution in [0.25, 0.3) is 38.6 Å². The normalized spacial score (nSPS) is 11.0. The van der Waals surface area contributed by atoms with Crippen molar-refractivity contribution in [2.75, 3.05) is 41.3 Å². The third kappa shape index (κ3) is 5.50. The minimum atomic E-state index is -0.756. The van der Waals surface area contributed by atoms with E-state index in [1.54, 1.807) is 48.5 Å². The van der Waals surface area contributed by atoms with Gasteiger partial charge in [-0.05, 0) is 66.2 Å². The molecule has 0 amide bonds. The van der Waals surface area contributed by atoms with Crippen molar-refractivity contribution in [1.29, 1.82) is 0 Å². The highest BCUT2D eigenvalue weighted by Crippen LogP contribution is 2.45. The van der Waals surface area contributed by atoms with E-state index in [1.807, 2.05) is 24.3 Å². The second kappa shape index (κ2) is 12.7. The Hall–Kier alpha value is -6.17. The summed E-state index contributed by atoms with van der Waals surface area (Å²) in [5.74, 6) is 1.49. The van der Waals surface area contributed by atoms with Gasteiger partial charge in [0.05, 0.1) is 52.0 Å². The van der Waals surface area contributed by atoms with Crippen molar-refractivity contribution in [2.45, 2.75) is 6.61 Å². The Bertz CT molecular complexity index is 2130. The van der Waals surface area contributed by atoms with Crippen LogP contribution < -0.4 is 35.0 Å². The predicted molar refractivity (Wildman–Crippen MR) is 177 cm³/mol. The van der Waals surface area contributed by atoms with Gasteiger partial charge in [0.15, 0.2) is 23.0 Å². The number of imidazole rings is 1. The molecule has 0 saturated carbocycles. The summed E-state index contributed by atoms with van der Waals surface area (Å²) in [6.07, 6.45) is 0. The molecule has 0 aliphatic carbocycles. The molecule has 0 fully saturated rings. The van der Waals surface area contributed by atoms with E-state index in [1.165, 1.54) is 40.1 Å². The highest BCUT2D eigenvalue weighted by atomic mass is 16.5. The van der Waals surface area contributed by atoms with Crippen LogP contribution in [0.5, 0.6) is 28.7 Å². The van der Waals surface area contributed by atoms with E-state index in [2.05, 4.69) is 9.97 Å². The van der Waals surface area contributed by atoms with Gasteiger partial charge in [-0.2, -0.15) is 0 Å². The molecule has 6 aromatic rings. The smallest absolute Gasteiger partial charge is 0.355 e. The molecule has 47 heavy (non-hydrogen) atoms. The number of benzene rings is 4. The second-order valence-corrected chi connectivity index (χ2v) is 10.4. The van der Waals surface area contributed by atoms with Crippen molar-refractivity contribution < 1.29 is 33.2 Å². The quantitative estimate of drug-likeness (QED) is 0.145. The Morgan fingerprint density at radius 2 is 1.47 bits per heavy atom. The lowest BCUT2D eigenvalue weighted by atomic mass is 9.95. The highest BCUT2D eigenvalue weighted by Gasteiger charge is 2.28. The minimum Gasteiger partial charge on any atom is -0.493 e. The number of nitrogens with zero attached hydrogens (tertiary/aromatic N) is 2. The number of carbonyl (C=O) groups excluding carboxylic acids is 1. The first kappa shape index (κ1) is 30.8. The average Bonchev–Trinajstić information content (AvgIpc) is 3.53. The number of anilines is 1. The summed E-state index contributed by atoms with van der Waals surface area (Å²) in [5.41, 5.74) is 8.80. The molecule has 0 atom stereocenters. The van der Waals surface area contributed by atoms with Gasteiger partial charge in [0, 0.05) is 22.3 Å². The number of hydrogen-bond acceptors (Lipinski definition) is 10. The number of pyridine rings is 1. The summed E-state index contributed by atoms with van der Waals surface area (Å²) in [7, 11) is 7.22. The SMILES string of the molecule is COC(=O)c1c(-c2cc(OC)c(OC)c(OC)c2)c2cc(OC)c(OCc3nc4ccccc4[nH]3)cc2c(=O)n1-c1ccc(N)cc1. The van der Waals surface area contributed by atoms with Gasteiger partial charge in [-0.15, -0.1) is 0 Å². The molecule has 0 unspecified atom stereocenters. The van der Waals surface area contributed by atoms with Gasteiger partial charge < -0.3 is 39.1 Å². The molecule has 6 rings (SSSR count). The topological polar surface area (TPSA) is 149 Å². The van der Waals surface area contributed by atoms with Crippen LogP contribution in [-0.4, -0.2) is 56.1 Å². The Balaban J connectivity index is 1.66. The number of aromatic nitrogens is 3. The molecule has 0 aliphatic heterocycles. The van der Waals surface area contributed by atoms with Gasteiger partial charge in [-0.25, -0.2) is 9.78 Å². The Kier molecular flexibility index (Phi) is 8.32. The van der Waals surface area contributed by atoms with E-state index in [0.29, 0.717) is 62.5 Å². The predicted octanol–water partition coefficient (Wildman–Crippen LogP) is 5.52. The van der Waals surface area contributed by atoms with Crippen LogP contribution >= 0.6 is 0 Å². The average molecular weight is 637 g/mol. The van der Waals surface area contributed by atoms with Crippen LogP contribution in [0.3, 0.4) is 0 Å². The monoisotopic (exact) mass is 636 g/mol. The van der Waals surface area contributed by atoms with E-state index < -0.39 is 11.5 Å². The number of fused-ring (bicyclic) bond motifs is 2. The molecule has 0 bridgehead atoms. The van der Waals surface area contributed by atoms with Crippen LogP contribution in [0, 0.1) is 0 Å². The number of rotatable bonds is 10. The lowest BCUT2D eigenvalue weighted by Crippen LogP contribution is -2.27. The zero-order chi connectivity index (χ0) is 33.2. The number of nitrogens with two attached hydrogens (primary N) is 1. The summed E-state index contributed by atoms with van der Waals surface area (Å²) in [5, 5.41) is 0.628. The molecule has 4 aromatic carbocycles. The van der Waals surface area contributed by atoms with Crippen molar-refractivity contribution in [2.24, 2.45) is 0 Å². The molecule has 3 N–H and O–H groups in total. The molecule has 0 radical (unpaired) electrons. The lowest BCUT2D eigenvalue weighted by molar-refractivity contribution is 0.0591. The Labute approximate surface area is 269 Å². The number of carbonyl (C=O) groups is 1. The van der Waals surface area contributed by atoms with E-state index in [0.717, 1.165) is 11.0 Å². The lowest BCUT2D eigenvalue weighted by Gasteiger charge is -2.21. The van der Waals surface area contributed by atoms with Crippen molar-refractivity contribution in [3.05, 3.63) is 94.7 Å². The molecule has 240 valence electrons. The van der Waals surface area contributed by atoms with Crippen LogP contribution in [0.4, 0.5) is 5.69 Å². The number of ether oxygens (including phenoxy) is 6. The number of methoxy groups -OCH3 is 5. The largest absolute Gasteiger partial charge is 0.493 e. The van der Waals surface area contributed by atoms with Crippen LogP contribution in [0.2, 0.25) is 0 Å². The first-order valence-electron chi connectivity index (χ1n) is 14.4. The maximum Gasteiger partial charge on any atom is 0.355 e. The number of aromatic amines is 1. The molecule has 2 aromatic heterocycles. The number of H-pyrrole nitrogens is 1. The maximum atomic E-state index is 14.5. The van der Waals surface area contributed by atoms with Crippen molar-refractivity contribution in [3.8, 4) is 45.6 Å². The van der Waals surface area contributed by atoms with E-state index in [-0.39, 0.29) is 17.7 Å². The van der Waals surface area contributed by atoms with Crippen molar-refractivity contribution in [3.63, 3.8) is 0 Å². The fourth-order valence-electron chi connectivity index (χ4n) is 5.57. The number of para-hydroxylation sites is 2. The first-order chi connectivity index (χ1) is 22.8. The second-order valence-electron chi connectivity index (χ2n) is 10.4. The number of nitrogen functional groups attached to an aromatic ring is 1. The van der Waals surface area contributed by atoms with E-state index in [4.69, 9.17) is 34.2 Å². The van der Waals surface area contributed by atoms with Crippen molar-refractivity contribution in [1.82, 2.24) is 14.5 Å². The molecule has 0 saturated heterocycles. The first-order valence-corrected chi connectivity index (χ1v) is 14.4. The highest BCUT2D eigenvalue weighted by molar-refractivity contribution is 6.08. The summed E-state index contributed by atoms with van der Waals surface area (Å²) in [6, 6.07) is 20.9. The van der Waals surface area contributed by atoms with E-state index >= 15 is 0 Å². The Morgan fingerprint density at radius 3 is 2.09 bits per heavy atom. The van der Waals surface area contributed by atoms with Gasteiger partial charge in [-0.1, -0.05) is 12.1 Å². The molecule has 12 heteroatoms. The summed E-state index contributed by atoms with van der Waals surface area (Å²) in [6.45, 7) is 0.0721. The summed E-state index contributed by atoms with van der Waals surface area (Å²) in [4.78, 5) is 36.0. The summed E-state index contributed by atoms with van der Waals surface area (Å²) < 4.78 is 35.3. The third-order valence-electron chi connectivity index (χ3n) is 7.75. The van der Waals surface area contributed by atoms with Crippen LogP contribution in [0.1, 0.15) is 16.3 Å². The molecular weight excluding hydrogens is 604 g/mol. The fourth-order valence-corrected chi connectivity index (χ4v) is 5.57. The fraction of sp³-hybridized carbons (Fsp3) is 0.171.